The van der Waals surface area contributed by atoms with Crippen LogP contribution in [-0.4, -0.2) is 50.8 Å². The van der Waals surface area contributed by atoms with Crippen LogP contribution in [0.4, 0.5) is 0 Å². The maximum Gasteiger partial charge on any atom is 0.181 e. The first kappa shape index (κ1) is 15.0. The van der Waals surface area contributed by atoms with Crippen molar-refractivity contribution >= 4 is 11.0 Å². The molecule has 7 nitrogen and oxygen atoms in total. The van der Waals surface area contributed by atoms with Crippen LogP contribution in [0.15, 0.2) is 12.1 Å². The van der Waals surface area contributed by atoms with Crippen molar-refractivity contribution in [1.82, 2.24) is 15.0 Å². The minimum Gasteiger partial charge on any atom is -0.394 e. The Bertz CT molecular complexity index is 757. The van der Waals surface area contributed by atoms with E-state index in [2.05, 4.69) is 23.3 Å². The quantitative estimate of drug-likeness (QED) is 0.903. The lowest BCUT2D eigenvalue weighted by atomic mass is 10.1. The summed E-state index contributed by atoms with van der Waals surface area (Å²) in [5.74, 6) is -0.701. The molecule has 1 N–H and O–H groups in total. The lowest BCUT2D eigenvalue weighted by molar-refractivity contribution is -0.201. The van der Waals surface area contributed by atoms with Crippen LogP contribution < -0.4 is 0 Å². The van der Waals surface area contributed by atoms with Crippen LogP contribution in [-0.2, 0) is 14.2 Å². The number of aryl methyl sites for hydroxylation is 2. The molecule has 0 unspecified atom stereocenters. The second-order valence-electron chi connectivity index (χ2n) is 6.77. The third-order valence-electron chi connectivity index (χ3n) is 4.63. The summed E-state index contributed by atoms with van der Waals surface area (Å²) < 4.78 is 19.6. The summed E-state index contributed by atoms with van der Waals surface area (Å²) in [6.07, 6.45) is -1.54. The molecule has 1 aromatic heterocycles. The van der Waals surface area contributed by atoms with E-state index in [1.807, 2.05) is 26.8 Å². The van der Waals surface area contributed by atoms with E-state index in [0.717, 1.165) is 11.0 Å². The number of aromatic nitrogens is 3. The SMILES string of the molecule is Cc1cc2nnn([C@H]3O[C@H](CO)[C@H]4OC(C)(C)O[C@H]43)c2cc1C. The molecule has 0 bridgehead atoms. The standard InChI is InChI=1S/C16H21N3O4/c1-8-5-10-11(6-9(8)2)19(18-17-10)15-14-13(12(7-20)21-15)22-16(3,4)23-14/h5-6,12-15,20H,7H2,1-4H3/t12-,13-,14-,15+/m1/s1. The summed E-state index contributed by atoms with van der Waals surface area (Å²) in [4.78, 5) is 0. The van der Waals surface area contributed by atoms with Crippen LogP contribution in [0, 0.1) is 13.8 Å². The van der Waals surface area contributed by atoms with Gasteiger partial charge in [-0.15, -0.1) is 5.10 Å². The summed E-state index contributed by atoms with van der Waals surface area (Å²) in [7, 11) is 0. The van der Waals surface area contributed by atoms with E-state index in [9.17, 15) is 5.11 Å². The number of benzene rings is 1. The first-order chi connectivity index (χ1) is 10.9. The molecule has 0 saturated carbocycles. The lowest BCUT2D eigenvalue weighted by Crippen LogP contribution is -2.31. The first-order valence-corrected chi connectivity index (χ1v) is 7.84. The van der Waals surface area contributed by atoms with Gasteiger partial charge in [0.05, 0.1) is 12.1 Å². The zero-order valence-corrected chi connectivity index (χ0v) is 13.7. The molecular weight excluding hydrogens is 298 g/mol. The van der Waals surface area contributed by atoms with Gasteiger partial charge in [0.25, 0.3) is 0 Å². The molecule has 0 amide bonds. The lowest BCUT2D eigenvalue weighted by Gasteiger charge is -2.23. The molecule has 1 aromatic carbocycles. The smallest absolute Gasteiger partial charge is 0.181 e. The topological polar surface area (TPSA) is 78.6 Å². The van der Waals surface area contributed by atoms with E-state index < -0.39 is 18.1 Å². The third kappa shape index (κ3) is 2.27. The van der Waals surface area contributed by atoms with Crippen molar-refractivity contribution in [2.75, 3.05) is 6.61 Å². The van der Waals surface area contributed by atoms with Gasteiger partial charge in [-0.3, -0.25) is 0 Å². The summed E-state index contributed by atoms with van der Waals surface area (Å²) in [6.45, 7) is 7.71. The minimum atomic E-state index is -0.701. The van der Waals surface area contributed by atoms with Gasteiger partial charge in [0.1, 0.15) is 23.8 Å². The van der Waals surface area contributed by atoms with E-state index in [4.69, 9.17) is 14.2 Å². The molecule has 2 aromatic rings. The van der Waals surface area contributed by atoms with Crippen molar-refractivity contribution in [3.63, 3.8) is 0 Å². The Balaban J connectivity index is 1.77. The van der Waals surface area contributed by atoms with E-state index >= 15 is 0 Å². The molecule has 2 aliphatic rings. The number of aliphatic hydroxyl groups is 1. The van der Waals surface area contributed by atoms with Crippen molar-refractivity contribution in [2.45, 2.75) is 58.0 Å². The van der Waals surface area contributed by atoms with E-state index in [1.165, 1.54) is 11.1 Å². The molecule has 0 spiro atoms. The maximum atomic E-state index is 9.59. The van der Waals surface area contributed by atoms with E-state index in [-0.39, 0.29) is 18.8 Å². The Morgan fingerprint density at radius 2 is 1.87 bits per heavy atom. The number of aliphatic hydroxyl groups excluding tert-OH is 1. The number of rotatable bonds is 2. The number of ether oxygens (including phenoxy) is 3. The average Bonchev–Trinajstić information content (AvgIpc) is 3.10. The molecule has 4 rings (SSSR count). The van der Waals surface area contributed by atoms with Crippen molar-refractivity contribution in [3.8, 4) is 0 Å². The fourth-order valence-corrected chi connectivity index (χ4v) is 3.38. The van der Waals surface area contributed by atoms with Crippen LogP contribution in [0.3, 0.4) is 0 Å². The summed E-state index contributed by atoms with van der Waals surface area (Å²) in [6, 6.07) is 4.07. The van der Waals surface area contributed by atoms with E-state index in [0.29, 0.717) is 0 Å². The van der Waals surface area contributed by atoms with Gasteiger partial charge in [0.2, 0.25) is 0 Å². The predicted octanol–water partition coefficient (Wildman–Crippen LogP) is 1.46. The summed E-state index contributed by atoms with van der Waals surface area (Å²) in [5, 5.41) is 18.1. The highest BCUT2D eigenvalue weighted by Gasteiger charge is 2.56. The van der Waals surface area contributed by atoms with Crippen molar-refractivity contribution in [2.24, 2.45) is 0 Å². The normalized spacial score (nSPS) is 32.6. The van der Waals surface area contributed by atoms with Gasteiger partial charge < -0.3 is 19.3 Å². The van der Waals surface area contributed by atoms with Crippen molar-refractivity contribution in [3.05, 3.63) is 23.3 Å². The highest BCUT2D eigenvalue weighted by atomic mass is 16.8. The molecule has 2 saturated heterocycles. The average molecular weight is 319 g/mol. The maximum absolute atomic E-state index is 9.59. The molecule has 124 valence electrons. The Morgan fingerprint density at radius 1 is 1.17 bits per heavy atom. The minimum absolute atomic E-state index is 0.123. The third-order valence-corrected chi connectivity index (χ3v) is 4.63. The molecule has 2 fully saturated rings. The molecular formula is C16H21N3O4. The fourth-order valence-electron chi connectivity index (χ4n) is 3.38. The highest BCUT2D eigenvalue weighted by molar-refractivity contribution is 5.76. The number of fused-ring (bicyclic) bond motifs is 2. The molecule has 4 atom stereocenters. The number of nitrogens with zero attached hydrogens (tertiary/aromatic N) is 3. The van der Waals surface area contributed by atoms with E-state index in [1.54, 1.807) is 4.68 Å². The molecule has 23 heavy (non-hydrogen) atoms. The van der Waals surface area contributed by atoms with Gasteiger partial charge in [-0.25, -0.2) is 4.68 Å². The fraction of sp³-hybridized carbons (Fsp3) is 0.625. The second kappa shape index (κ2) is 4.98. The van der Waals surface area contributed by atoms with Gasteiger partial charge in [-0.05, 0) is 51.0 Å². The van der Waals surface area contributed by atoms with Crippen molar-refractivity contribution < 1.29 is 19.3 Å². The Morgan fingerprint density at radius 3 is 2.61 bits per heavy atom. The van der Waals surface area contributed by atoms with Crippen molar-refractivity contribution in [1.29, 1.82) is 0 Å². The monoisotopic (exact) mass is 319 g/mol. The second-order valence-corrected chi connectivity index (χ2v) is 6.77. The van der Waals surface area contributed by atoms with Crippen LogP contribution in [0.5, 0.6) is 0 Å². The predicted molar refractivity (Wildman–Crippen MR) is 81.8 cm³/mol. The Kier molecular flexibility index (Phi) is 3.25. The first-order valence-electron chi connectivity index (χ1n) is 7.84. The molecule has 7 heteroatoms. The largest absolute Gasteiger partial charge is 0.394 e. The zero-order chi connectivity index (χ0) is 16.4. The molecule has 0 aliphatic carbocycles. The summed E-state index contributed by atoms with van der Waals surface area (Å²) in [5.41, 5.74) is 4.05. The molecule has 0 radical (unpaired) electrons. The van der Waals surface area contributed by atoms with Gasteiger partial charge in [0.15, 0.2) is 12.0 Å². The highest BCUT2D eigenvalue weighted by Crippen LogP contribution is 2.43. The van der Waals surface area contributed by atoms with Gasteiger partial charge in [-0.1, -0.05) is 5.21 Å². The molecule has 2 aliphatic heterocycles. The van der Waals surface area contributed by atoms with Crippen LogP contribution >= 0.6 is 0 Å². The van der Waals surface area contributed by atoms with Gasteiger partial charge >= 0.3 is 0 Å². The number of hydrogen-bond acceptors (Lipinski definition) is 6. The zero-order valence-electron chi connectivity index (χ0n) is 13.7. The van der Waals surface area contributed by atoms with Gasteiger partial charge in [0, 0.05) is 0 Å². The van der Waals surface area contributed by atoms with Gasteiger partial charge in [-0.2, -0.15) is 0 Å². The molecule has 3 heterocycles. The van der Waals surface area contributed by atoms with Crippen LogP contribution in [0.2, 0.25) is 0 Å². The number of hydrogen-bond donors (Lipinski definition) is 1. The van der Waals surface area contributed by atoms with Crippen LogP contribution in [0.25, 0.3) is 11.0 Å². The van der Waals surface area contributed by atoms with Crippen LogP contribution in [0.1, 0.15) is 31.2 Å². The Hall–Kier alpha value is -1.54. The Labute approximate surface area is 134 Å². The summed E-state index contributed by atoms with van der Waals surface area (Å²) >= 11 is 0.